The van der Waals surface area contributed by atoms with E-state index in [4.69, 9.17) is 0 Å². The van der Waals surface area contributed by atoms with Crippen molar-refractivity contribution < 1.29 is 13.2 Å². The lowest BCUT2D eigenvalue weighted by atomic mass is 9.81. The maximum absolute atomic E-state index is 12.7. The molecule has 0 spiro atoms. The molecule has 1 atom stereocenters. The highest BCUT2D eigenvalue weighted by atomic mass is 19.4. The molecule has 20 heavy (non-hydrogen) atoms. The lowest BCUT2D eigenvalue weighted by Gasteiger charge is -2.36. The van der Waals surface area contributed by atoms with Crippen LogP contribution in [-0.4, -0.2) is 18.3 Å². The monoisotopic (exact) mass is 291 g/mol. The van der Waals surface area contributed by atoms with Gasteiger partial charge in [0.25, 0.3) is 0 Å². The highest BCUT2D eigenvalue weighted by Crippen LogP contribution is 2.38. The van der Waals surface area contributed by atoms with E-state index in [1.54, 1.807) is 0 Å². The van der Waals surface area contributed by atoms with E-state index in [9.17, 15) is 13.2 Å². The minimum atomic E-state index is -3.99. The zero-order valence-electron chi connectivity index (χ0n) is 12.5. The van der Waals surface area contributed by atoms with Gasteiger partial charge in [0, 0.05) is 12.1 Å². The fourth-order valence-electron chi connectivity index (χ4n) is 4.01. The number of hydrogen-bond donors (Lipinski definition) is 1. The molecule has 0 aliphatic heterocycles. The maximum Gasteiger partial charge on any atom is 0.391 e. The number of hydrogen-bond acceptors (Lipinski definition) is 1. The van der Waals surface area contributed by atoms with E-state index in [1.807, 2.05) is 0 Å². The van der Waals surface area contributed by atoms with Crippen LogP contribution in [0.4, 0.5) is 13.2 Å². The van der Waals surface area contributed by atoms with E-state index >= 15 is 0 Å². The van der Waals surface area contributed by atoms with E-state index in [1.165, 1.54) is 32.1 Å². The lowest BCUT2D eigenvalue weighted by Crippen LogP contribution is -2.45. The molecule has 0 heterocycles. The smallest absolute Gasteiger partial charge is 0.311 e. The fraction of sp³-hybridized carbons (Fsp3) is 1.00. The maximum atomic E-state index is 12.7. The molecule has 2 rings (SSSR count). The van der Waals surface area contributed by atoms with Crippen LogP contribution in [-0.2, 0) is 0 Å². The van der Waals surface area contributed by atoms with Crippen LogP contribution in [0.25, 0.3) is 0 Å². The molecular formula is C16H28F3N. The minimum Gasteiger partial charge on any atom is -0.311 e. The Kier molecular flexibility index (Phi) is 5.76. The molecule has 0 saturated heterocycles. The Labute approximate surface area is 120 Å². The normalized spacial score (nSPS) is 31.2. The molecule has 0 aromatic carbocycles. The van der Waals surface area contributed by atoms with Crippen molar-refractivity contribution in [2.45, 2.75) is 89.4 Å². The molecule has 2 aliphatic rings. The second-order valence-corrected chi connectivity index (χ2v) is 6.67. The van der Waals surface area contributed by atoms with Crippen LogP contribution in [0.15, 0.2) is 0 Å². The molecule has 0 aromatic rings. The summed E-state index contributed by atoms with van der Waals surface area (Å²) in [5.41, 5.74) is 0. The second-order valence-electron chi connectivity index (χ2n) is 6.67. The van der Waals surface area contributed by atoms with Gasteiger partial charge in [-0.15, -0.1) is 0 Å². The average Bonchev–Trinajstić information content (AvgIpc) is 2.45. The summed E-state index contributed by atoms with van der Waals surface area (Å²) in [4.78, 5) is 0. The Morgan fingerprint density at radius 3 is 2.05 bits per heavy atom. The van der Waals surface area contributed by atoms with Crippen LogP contribution in [0.3, 0.4) is 0 Å². The Bertz CT molecular complexity index is 276. The Balaban J connectivity index is 1.78. The molecule has 4 heteroatoms. The van der Waals surface area contributed by atoms with E-state index in [2.05, 4.69) is 12.2 Å². The zero-order chi connectivity index (χ0) is 14.6. The summed E-state index contributed by atoms with van der Waals surface area (Å²) in [7, 11) is 0. The van der Waals surface area contributed by atoms with Gasteiger partial charge in [0.05, 0.1) is 5.92 Å². The van der Waals surface area contributed by atoms with Crippen LogP contribution in [0, 0.1) is 11.8 Å². The van der Waals surface area contributed by atoms with Crippen molar-refractivity contribution in [3.8, 4) is 0 Å². The lowest BCUT2D eigenvalue weighted by molar-refractivity contribution is -0.182. The largest absolute Gasteiger partial charge is 0.391 e. The van der Waals surface area contributed by atoms with Crippen molar-refractivity contribution in [2.75, 3.05) is 0 Å². The number of alkyl halides is 3. The second kappa shape index (κ2) is 7.15. The van der Waals surface area contributed by atoms with Crippen molar-refractivity contribution in [1.29, 1.82) is 0 Å². The standard InChI is InChI=1S/C16H28F3N/c1-2-15(12-6-4-3-5-7-12)20-14-10-8-13(9-11-14)16(17,18)19/h12-15,20H,2-11H2,1H3. The Hall–Kier alpha value is -0.250. The van der Waals surface area contributed by atoms with Crippen LogP contribution in [0.1, 0.15) is 71.1 Å². The predicted molar refractivity (Wildman–Crippen MR) is 75.6 cm³/mol. The number of halogens is 3. The molecule has 118 valence electrons. The van der Waals surface area contributed by atoms with Gasteiger partial charge < -0.3 is 5.32 Å². The average molecular weight is 291 g/mol. The van der Waals surface area contributed by atoms with Crippen molar-refractivity contribution in [3.63, 3.8) is 0 Å². The predicted octanol–water partition coefficient (Wildman–Crippen LogP) is 5.06. The number of rotatable bonds is 4. The third kappa shape index (κ3) is 4.37. The minimum absolute atomic E-state index is 0.306. The molecule has 1 N–H and O–H groups in total. The first-order valence-electron chi connectivity index (χ1n) is 8.33. The molecule has 0 amide bonds. The van der Waals surface area contributed by atoms with Gasteiger partial charge in [-0.3, -0.25) is 0 Å². The summed E-state index contributed by atoms with van der Waals surface area (Å²) >= 11 is 0. The fourth-order valence-corrected chi connectivity index (χ4v) is 4.01. The van der Waals surface area contributed by atoms with E-state index < -0.39 is 12.1 Å². The molecule has 2 aliphatic carbocycles. The third-order valence-electron chi connectivity index (χ3n) is 5.30. The zero-order valence-corrected chi connectivity index (χ0v) is 12.5. The molecule has 0 radical (unpaired) electrons. The summed E-state index contributed by atoms with van der Waals surface area (Å²) in [6, 6.07) is 0.822. The summed E-state index contributed by atoms with van der Waals surface area (Å²) in [5, 5.41) is 3.68. The Morgan fingerprint density at radius 1 is 0.950 bits per heavy atom. The molecule has 1 unspecified atom stereocenters. The SMILES string of the molecule is CCC(NC1CCC(C(F)(F)F)CC1)C1CCCCC1. The van der Waals surface area contributed by atoms with Gasteiger partial charge in [0.1, 0.15) is 0 Å². The van der Waals surface area contributed by atoms with Crippen LogP contribution >= 0.6 is 0 Å². The highest BCUT2D eigenvalue weighted by Gasteiger charge is 2.41. The number of nitrogens with one attached hydrogen (secondary N) is 1. The van der Waals surface area contributed by atoms with Crippen LogP contribution in [0.2, 0.25) is 0 Å². The van der Waals surface area contributed by atoms with Gasteiger partial charge in [-0.25, -0.2) is 0 Å². The molecule has 2 saturated carbocycles. The third-order valence-corrected chi connectivity index (χ3v) is 5.30. The molecular weight excluding hydrogens is 263 g/mol. The van der Waals surface area contributed by atoms with Crippen molar-refractivity contribution in [3.05, 3.63) is 0 Å². The Morgan fingerprint density at radius 2 is 1.55 bits per heavy atom. The van der Waals surface area contributed by atoms with Gasteiger partial charge in [0.2, 0.25) is 0 Å². The molecule has 2 fully saturated rings. The summed E-state index contributed by atoms with van der Waals surface area (Å²) in [5.74, 6) is -0.315. The quantitative estimate of drug-likeness (QED) is 0.763. The van der Waals surface area contributed by atoms with Crippen molar-refractivity contribution in [1.82, 2.24) is 5.32 Å². The molecule has 0 bridgehead atoms. The first-order valence-corrected chi connectivity index (χ1v) is 8.33. The van der Waals surface area contributed by atoms with E-state index in [0.29, 0.717) is 37.8 Å². The summed E-state index contributed by atoms with van der Waals surface area (Å²) < 4.78 is 38.0. The summed E-state index contributed by atoms with van der Waals surface area (Å²) in [6.45, 7) is 2.20. The van der Waals surface area contributed by atoms with Gasteiger partial charge in [0.15, 0.2) is 0 Å². The molecule has 0 aromatic heterocycles. The topological polar surface area (TPSA) is 12.0 Å². The molecule has 1 nitrogen and oxygen atoms in total. The van der Waals surface area contributed by atoms with Gasteiger partial charge in [-0.2, -0.15) is 13.2 Å². The van der Waals surface area contributed by atoms with Crippen molar-refractivity contribution >= 4 is 0 Å². The van der Waals surface area contributed by atoms with Gasteiger partial charge >= 0.3 is 6.18 Å². The van der Waals surface area contributed by atoms with E-state index in [-0.39, 0.29) is 0 Å². The van der Waals surface area contributed by atoms with Gasteiger partial charge in [-0.05, 0) is 50.9 Å². The van der Waals surface area contributed by atoms with Crippen LogP contribution < -0.4 is 5.32 Å². The first kappa shape index (κ1) is 16.1. The first-order chi connectivity index (χ1) is 9.50. The van der Waals surface area contributed by atoms with E-state index in [0.717, 1.165) is 12.3 Å². The van der Waals surface area contributed by atoms with Crippen LogP contribution in [0.5, 0.6) is 0 Å². The highest BCUT2D eigenvalue weighted by molar-refractivity contribution is 4.86. The van der Waals surface area contributed by atoms with Crippen molar-refractivity contribution in [2.24, 2.45) is 11.8 Å². The summed E-state index contributed by atoms with van der Waals surface area (Å²) in [6.07, 6.45) is 5.69. The van der Waals surface area contributed by atoms with Gasteiger partial charge in [-0.1, -0.05) is 26.2 Å².